The first-order valence-electron chi connectivity index (χ1n) is 10.6. The minimum atomic E-state index is -3.35. The van der Waals surface area contributed by atoms with Crippen LogP contribution in [0.15, 0.2) is 42.5 Å². The molecule has 0 fully saturated rings. The quantitative estimate of drug-likeness (QED) is 0.351. The van der Waals surface area contributed by atoms with Crippen molar-refractivity contribution in [2.45, 2.75) is 31.8 Å². The number of nitrogens with one attached hydrogen (secondary N) is 3. The number of fused-ring (bicyclic) bond motifs is 3. The normalized spacial score (nSPS) is 14.4. The zero-order valence-corrected chi connectivity index (χ0v) is 19.7. The number of rotatable bonds is 9. The fourth-order valence-electron chi connectivity index (χ4n) is 4.10. The van der Waals surface area contributed by atoms with Crippen LogP contribution in [0.1, 0.15) is 35.8 Å². The third-order valence-electron chi connectivity index (χ3n) is 5.53. The Morgan fingerprint density at radius 2 is 1.97 bits per heavy atom. The fraction of sp³-hybridized carbons (Fsp3) is 0.391. The highest BCUT2D eigenvalue weighted by molar-refractivity contribution is 7.92. The van der Waals surface area contributed by atoms with Gasteiger partial charge in [0.15, 0.2) is 0 Å². The van der Waals surface area contributed by atoms with E-state index in [1.54, 1.807) is 24.3 Å². The molecule has 4 N–H and O–H groups in total. The highest BCUT2D eigenvalue weighted by Crippen LogP contribution is 2.31. The van der Waals surface area contributed by atoms with Gasteiger partial charge in [-0.25, -0.2) is 8.42 Å². The second kappa shape index (κ2) is 10.6. The van der Waals surface area contributed by atoms with Gasteiger partial charge in [0, 0.05) is 41.4 Å². The summed E-state index contributed by atoms with van der Waals surface area (Å²) in [6.07, 6.45) is 5.13. The zero-order valence-electron chi connectivity index (χ0n) is 18.1. The van der Waals surface area contributed by atoms with Crippen LogP contribution in [0.2, 0.25) is 0 Å². The standard InChI is InChI=1S/C23H29N3O4S.ClH/c1-31(28,29)26-17-6-4-5-16(13-17)23(27)15-24-11-12-30-18-9-10-20-19-7-2-3-8-21(19)25-22(20)14-18;/h4-6,9-10,13-14,23-27H,2-3,7-8,11-12,15H2,1H3;1H/t23-;/m0./s1. The Morgan fingerprint density at radius 3 is 2.78 bits per heavy atom. The van der Waals surface area contributed by atoms with Crippen LogP contribution in [0, 0.1) is 0 Å². The summed E-state index contributed by atoms with van der Waals surface area (Å²) in [6, 6.07) is 13.0. The SMILES string of the molecule is CS(=O)(=O)Nc1cccc([C@@H](O)CNCCOc2ccc3c4c([nH]c3c2)CCCC4)c1.Cl. The van der Waals surface area contributed by atoms with Crippen LogP contribution in [-0.2, 0) is 22.9 Å². The first kappa shape index (κ1) is 24.4. The van der Waals surface area contributed by atoms with Crippen LogP contribution in [0.3, 0.4) is 0 Å². The van der Waals surface area contributed by atoms with Crippen LogP contribution in [-0.4, -0.2) is 44.5 Å². The predicted octanol–water partition coefficient (Wildman–Crippen LogP) is 3.54. The molecular formula is C23H30ClN3O4S. The molecule has 4 rings (SSSR count). The molecule has 0 amide bonds. The Hall–Kier alpha value is -2.26. The maximum atomic E-state index is 11.4. The lowest BCUT2D eigenvalue weighted by Gasteiger charge is -2.14. The number of halogens is 1. The lowest BCUT2D eigenvalue weighted by Crippen LogP contribution is -2.26. The lowest BCUT2D eigenvalue weighted by atomic mass is 9.96. The number of sulfonamides is 1. The molecule has 0 unspecified atom stereocenters. The van der Waals surface area contributed by atoms with E-state index in [0.717, 1.165) is 30.4 Å². The molecule has 3 aromatic rings. The number of aliphatic hydroxyl groups is 1. The molecule has 9 heteroatoms. The molecule has 174 valence electrons. The summed E-state index contributed by atoms with van der Waals surface area (Å²) in [5.74, 6) is 0.827. The first-order chi connectivity index (χ1) is 14.9. The monoisotopic (exact) mass is 479 g/mol. The van der Waals surface area contributed by atoms with E-state index in [9.17, 15) is 13.5 Å². The molecular weight excluding hydrogens is 450 g/mol. The number of hydrogen-bond donors (Lipinski definition) is 4. The van der Waals surface area contributed by atoms with Gasteiger partial charge >= 0.3 is 0 Å². The molecule has 0 saturated heterocycles. The van der Waals surface area contributed by atoms with E-state index in [2.05, 4.69) is 27.2 Å². The third kappa shape index (κ3) is 6.16. The molecule has 0 radical (unpaired) electrons. The maximum absolute atomic E-state index is 11.4. The average molecular weight is 480 g/mol. The van der Waals surface area contributed by atoms with Crippen molar-refractivity contribution >= 4 is 39.0 Å². The van der Waals surface area contributed by atoms with Crippen LogP contribution < -0.4 is 14.8 Å². The molecule has 2 aromatic carbocycles. The minimum absolute atomic E-state index is 0. The van der Waals surface area contributed by atoms with Gasteiger partial charge < -0.3 is 20.1 Å². The van der Waals surface area contributed by atoms with Gasteiger partial charge in [-0.1, -0.05) is 12.1 Å². The smallest absolute Gasteiger partial charge is 0.229 e. The van der Waals surface area contributed by atoms with Crippen molar-refractivity contribution in [3.63, 3.8) is 0 Å². The number of aromatic amines is 1. The van der Waals surface area contributed by atoms with E-state index in [-0.39, 0.29) is 12.4 Å². The number of aliphatic hydroxyl groups excluding tert-OH is 1. The maximum Gasteiger partial charge on any atom is 0.229 e. The van der Waals surface area contributed by atoms with Crippen molar-refractivity contribution in [3.8, 4) is 5.75 Å². The van der Waals surface area contributed by atoms with Crippen LogP contribution in [0.5, 0.6) is 5.75 Å². The first-order valence-corrected chi connectivity index (χ1v) is 12.5. The van der Waals surface area contributed by atoms with Gasteiger partial charge in [0.2, 0.25) is 10.0 Å². The summed E-state index contributed by atoms with van der Waals surface area (Å²) < 4.78 is 31.0. The van der Waals surface area contributed by atoms with Crippen LogP contribution in [0.25, 0.3) is 10.9 Å². The molecule has 7 nitrogen and oxygen atoms in total. The Morgan fingerprint density at radius 1 is 1.16 bits per heavy atom. The highest BCUT2D eigenvalue weighted by atomic mass is 35.5. The summed E-state index contributed by atoms with van der Waals surface area (Å²) >= 11 is 0. The predicted molar refractivity (Wildman–Crippen MR) is 130 cm³/mol. The molecule has 0 spiro atoms. The molecule has 32 heavy (non-hydrogen) atoms. The molecule has 1 atom stereocenters. The van der Waals surface area contributed by atoms with Gasteiger partial charge in [0.1, 0.15) is 12.4 Å². The summed E-state index contributed by atoms with van der Waals surface area (Å²) in [5.41, 5.74) is 5.03. The average Bonchev–Trinajstić information content (AvgIpc) is 3.10. The molecule has 0 saturated carbocycles. The molecule has 1 aliphatic rings. The van der Waals surface area contributed by atoms with Crippen molar-refractivity contribution in [1.82, 2.24) is 10.3 Å². The van der Waals surface area contributed by atoms with E-state index < -0.39 is 16.1 Å². The highest BCUT2D eigenvalue weighted by Gasteiger charge is 2.15. The van der Waals surface area contributed by atoms with Crippen molar-refractivity contribution in [3.05, 3.63) is 59.3 Å². The van der Waals surface area contributed by atoms with Crippen molar-refractivity contribution in [2.75, 3.05) is 30.7 Å². The Kier molecular flexibility index (Phi) is 8.05. The summed E-state index contributed by atoms with van der Waals surface area (Å²) in [6.45, 7) is 1.40. The van der Waals surface area contributed by atoms with Gasteiger partial charge in [0.25, 0.3) is 0 Å². The van der Waals surface area contributed by atoms with E-state index in [1.165, 1.54) is 29.5 Å². The number of aromatic nitrogens is 1. The number of aryl methyl sites for hydroxylation is 2. The molecule has 0 aliphatic heterocycles. The van der Waals surface area contributed by atoms with Crippen molar-refractivity contribution in [1.29, 1.82) is 0 Å². The Labute approximate surface area is 195 Å². The number of benzene rings is 2. The summed E-state index contributed by atoms with van der Waals surface area (Å²) in [4.78, 5) is 3.54. The van der Waals surface area contributed by atoms with Crippen molar-refractivity contribution < 1.29 is 18.3 Å². The third-order valence-corrected chi connectivity index (χ3v) is 6.14. The molecule has 1 heterocycles. The van der Waals surface area contributed by atoms with E-state index >= 15 is 0 Å². The number of H-pyrrole nitrogens is 1. The molecule has 0 bridgehead atoms. The minimum Gasteiger partial charge on any atom is -0.492 e. The lowest BCUT2D eigenvalue weighted by molar-refractivity contribution is 0.172. The van der Waals surface area contributed by atoms with E-state index in [1.807, 2.05) is 6.07 Å². The Balaban J connectivity index is 0.00000289. The number of ether oxygens (including phenoxy) is 1. The van der Waals surface area contributed by atoms with E-state index in [4.69, 9.17) is 4.74 Å². The van der Waals surface area contributed by atoms with Gasteiger partial charge in [-0.2, -0.15) is 0 Å². The molecule has 1 aromatic heterocycles. The zero-order chi connectivity index (χ0) is 21.8. The topological polar surface area (TPSA) is 103 Å². The summed E-state index contributed by atoms with van der Waals surface area (Å²) in [5, 5.41) is 14.9. The second-order valence-corrected chi connectivity index (χ2v) is 9.81. The van der Waals surface area contributed by atoms with Crippen LogP contribution >= 0.6 is 12.4 Å². The van der Waals surface area contributed by atoms with Gasteiger partial charge in [0.05, 0.1) is 12.4 Å². The second-order valence-electron chi connectivity index (χ2n) is 8.06. The largest absolute Gasteiger partial charge is 0.492 e. The summed E-state index contributed by atoms with van der Waals surface area (Å²) in [7, 11) is -3.35. The van der Waals surface area contributed by atoms with Crippen molar-refractivity contribution in [2.24, 2.45) is 0 Å². The van der Waals surface area contributed by atoms with Gasteiger partial charge in [-0.15, -0.1) is 12.4 Å². The van der Waals surface area contributed by atoms with Gasteiger partial charge in [-0.3, -0.25) is 4.72 Å². The van der Waals surface area contributed by atoms with Gasteiger partial charge in [-0.05, 0) is 61.1 Å². The number of anilines is 1. The molecule has 1 aliphatic carbocycles. The van der Waals surface area contributed by atoms with E-state index in [0.29, 0.717) is 30.9 Å². The Bertz CT molecular complexity index is 1160. The van der Waals surface area contributed by atoms with Crippen LogP contribution in [0.4, 0.5) is 5.69 Å². The fourth-order valence-corrected chi connectivity index (χ4v) is 4.66. The number of hydrogen-bond acceptors (Lipinski definition) is 5.